The second-order valence-corrected chi connectivity index (χ2v) is 5.49. The quantitative estimate of drug-likeness (QED) is 0.896. The van der Waals surface area contributed by atoms with Crippen LogP contribution in [0.1, 0.15) is 25.8 Å². The summed E-state index contributed by atoms with van der Waals surface area (Å²) in [6.07, 6.45) is 1.17. The average molecular weight is 278 g/mol. The van der Waals surface area contributed by atoms with Gasteiger partial charge in [-0.3, -0.25) is 4.90 Å². The Morgan fingerprint density at radius 3 is 2.65 bits per heavy atom. The molecule has 112 valence electrons. The molecule has 0 radical (unpaired) electrons. The van der Waals surface area contributed by atoms with Gasteiger partial charge in [0.05, 0.1) is 14.2 Å². The molecular weight excluding hydrogens is 252 g/mol. The molecule has 1 fully saturated rings. The van der Waals surface area contributed by atoms with E-state index in [0.29, 0.717) is 12.1 Å². The van der Waals surface area contributed by atoms with Gasteiger partial charge >= 0.3 is 0 Å². The molecule has 4 nitrogen and oxygen atoms in total. The van der Waals surface area contributed by atoms with E-state index in [2.05, 4.69) is 36.2 Å². The van der Waals surface area contributed by atoms with Crippen molar-refractivity contribution < 1.29 is 9.47 Å². The van der Waals surface area contributed by atoms with E-state index in [9.17, 15) is 0 Å². The summed E-state index contributed by atoms with van der Waals surface area (Å²) in [4.78, 5) is 2.56. The normalized spacial score (nSPS) is 23.6. The Bertz CT molecular complexity index is 436. The van der Waals surface area contributed by atoms with Crippen molar-refractivity contribution in [3.63, 3.8) is 0 Å². The molecule has 1 heterocycles. The molecule has 1 aromatic rings. The third-order valence-electron chi connectivity index (χ3n) is 4.03. The molecule has 2 atom stereocenters. The minimum absolute atomic E-state index is 0.554. The van der Waals surface area contributed by atoms with Crippen molar-refractivity contribution in [2.24, 2.45) is 0 Å². The molecule has 1 N–H and O–H groups in total. The Kier molecular flexibility index (Phi) is 5.26. The lowest BCUT2D eigenvalue weighted by atomic mass is 10.1. The van der Waals surface area contributed by atoms with Crippen LogP contribution in [0.3, 0.4) is 0 Å². The Hall–Kier alpha value is -1.26. The van der Waals surface area contributed by atoms with Crippen LogP contribution in [0.15, 0.2) is 18.2 Å². The van der Waals surface area contributed by atoms with Crippen LogP contribution in [0, 0.1) is 0 Å². The molecule has 1 saturated heterocycles. The predicted octanol–water partition coefficient (Wildman–Crippen LogP) is 2.28. The number of nitrogens with one attached hydrogen (secondary N) is 1. The smallest absolute Gasteiger partial charge is 0.161 e. The number of methoxy groups -OCH3 is 2. The Balaban J connectivity index is 2.11. The van der Waals surface area contributed by atoms with E-state index in [0.717, 1.165) is 31.1 Å². The first-order chi connectivity index (χ1) is 9.67. The lowest BCUT2D eigenvalue weighted by Gasteiger charge is -2.39. The molecule has 0 aliphatic carbocycles. The average Bonchev–Trinajstić information content (AvgIpc) is 2.47. The zero-order valence-corrected chi connectivity index (χ0v) is 13.0. The SMILES string of the molecule is CCC1CNC(C)CN1Cc1ccc(OC)c(OC)c1. The lowest BCUT2D eigenvalue weighted by Crippen LogP contribution is -2.54. The predicted molar refractivity (Wildman–Crippen MR) is 81.5 cm³/mol. The van der Waals surface area contributed by atoms with Gasteiger partial charge < -0.3 is 14.8 Å². The lowest BCUT2D eigenvalue weighted by molar-refractivity contribution is 0.124. The molecule has 0 saturated carbocycles. The molecule has 1 aromatic carbocycles. The summed E-state index contributed by atoms with van der Waals surface area (Å²) in [6.45, 7) is 7.63. The molecule has 1 aliphatic heterocycles. The fourth-order valence-electron chi connectivity index (χ4n) is 2.84. The zero-order valence-electron chi connectivity index (χ0n) is 13.0. The highest BCUT2D eigenvalue weighted by atomic mass is 16.5. The minimum atomic E-state index is 0.554. The summed E-state index contributed by atoms with van der Waals surface area (Å²) >= 11 is 0. The van der Waals surface area contributed by atoms with Crippen LogP contribution in [0.2, 0.25) is 0 Å². The maximum Gasteiger partial charge on any atom is 0.161 e. The molecule has 0 bridgehead atoms. The highest BCUT2D eigenvalue weighted by Gasteiger charge is 2.24. The molecule has 1 aliphatic rings. The maximum absolute atomic E-state index is 5.38. The van der Waals surface area contributed by atoms with Gasteiger partial charge in [-0.15, -0.1) is 0 Å². The minimum Gasteiger partial charge on any atom is -0.493 e. The van der Waals surface area contributed by atoms with Crippen molar-refractivity contribution in [3.8, 4) is 11.5 Å². The van der Waals surface area contributed by atoms with Crippen LogP contribution < -0.4 is 14.8 Å². The fraction of sp³-hybridized carbons (Fsp3) is 0.625. The van der Waals surface area contributed by atoms with Crippen molar-refractivity contribution in [3.05, 3.63) is 23.8 Å². The van der Waals surface area contributed by atoms with E-state index in [1.54, 1.807) is 14.2 Å². The van der Waals surface area contributed by atoms with Gasteiger partial charge in [0.15, 0.2) is 11.5 Å². The topological polar surface area (TPSA) is 33.7 Å². The van der Waals surface area contributed by atoms with E-state index in [1.165, 1.54) is 12.0 Å². The summed E-state index contributed by atoms with van der Waals surface area (Å²) in [5, 5.41) is 3.55. The monoisotopic (exact) mass is 278 g/mol. The number of hydrogen-bond donors (Lipinski definition) is 1. The number of ether oxygens (including phenoxy) is 2. The highest BCUT2D eigenvalue weighted by Crippen LogP contribution is 2.28. The summed E-state index contributed by atoms with van der Waals surface area (Å²) < 4.78 is 10.7. The van der Waals surface area contributed by atoms with Crippen LogP contribution in [-0.2, 0) is 6.54 Å². The third-order valence-corrected chi connectivity index (χ3v) is 4.03. The van der Waals surface area contributed by atoms with E-state index >= 15 is 0 Å². The van der Waals surface area contributed by atoms with Gasteiger partial charge in [0, 0.05) is 31.7 Å². The highest BCUT2D eigenvalue weighted by molar-refractivity contribution is 5.42. The largest absolute Gasteiger partial charge is 0.493 e. The number of benzene rings is 1. The van der Waals surface area contributed by atoms with E-state index in [-0.39, 0.29) is 0 Å². The van der Waals surface area contributed by atoms with Gasteiger partial charge in [-0.25, -0.2) is 0 Å². The molecule has 2 rings (SSSR count). The van der Waals surface area contributed by atoms with Gasteiger partial charge in [-0.05, 0) is 31.0 Å². The first-order valence-corrected chi connectivity index (χ1v) is 7.36. The Morgan fingerprint density at radius 2 is 2.00 bits per heavy atom. The molecule has 4 heteroatoms. The van der Waals surface area contributed by atoms with Gasteiger partial charge in [-0.2, -0.15) is 0 Å². The van der Waals surface area contributed by atoms with Crippen molar-refractivity contribution in [1.29, 1.82) is 0 Å². The second-order valence-electron chi connectivity index (χ2n) is 5.49. The number of rotatable bonds is 5. The van der Waals surface area contributed by atoms with E-state index in [1.807, 2.05) is 6.07 Å². The molecular formula is C16H26N2O2. The molecule has 0 spiro atoms. The van der Waals surface area contributed by atoms with Gasteiger partial charge in [0.1, 0.15) is 0 Å². The van der Waals surface area contributed by atoms with Crippen molar-refractivity contribution in [2.75, 3.05) is 27.3 Å². The summed E-state index contributed by atoms with van der Waals surface area (Å²) in [6, 6.07) is 7.36. The molecule has 0 amide bonds. The van der Waals surface area contributed by atoms with Crippen LogP contribution in [0.25, 0.3) is 0 Å². The summed E-state index contributed by atoms with van der Waals surface area (Å²) in [7, 11) is 3.35. The molecule has 20 heavy (non-hydrogen) atoms. The first-order valence-electron chi connectivity index (χ1n) is 7.36. The Labute approximate surface area is 122 Å². The summed E-state index contributed by atoms with van der Waals surface area (Å²) in [5.74, 6) is 1.60. The van der Waals surface area contributed by atoms with E-state index < -0.39 is 0 Å². The fourth-order valence-corrected chi connectivity index (χ4v) is 2.84. The standard InChI is InChI=1S/C16H26N2O2/c1-5-14-9-17-12(2)10-18(14)11-13-6-7-15(19-3)16(8-13)20-4/h6-8,12,14,17H,5,9-11H2,1-4H3. The van der Waals surface area contributed by atoms with Crippen molar-refractivity contribution in [1.82, 2.24) is 10.2 Å². The molecule has 0 aromatic heterocycles. The van der Waals surface area contributed by atoms with Gasteiger partial charge in [0.25, 0.3) is 0 Å². The number of nitrogens with zero attached hydrogens (tertiary/aromatic N) is 1. The van der Waals surface area contributed by atoms with Crippen molar-refractivity contribution in [2.45, 2.75) is 38.9 Å². The Morgan fingerprint density at radius 1 is 1.25 bits per heavy atom. The first kappa shape index (κ1) is 15.1. The van der Waals surface area contributed by atoms with Crippen LogP contribution >= 0.6 is 0 Å². The number of hydrogen-bond acceptors (Lipinski definition) is 4. The zero-order chi connectivity index (χ0) is 14.5. The number of piperazine rings is 1. The third kappa shape index (κ3) is 3.44. The van der Waals surface area contributed by atoms with E-state index in [4.69, 9.17) is 9.47 Å². The van der Waals surface area contributed by atoms with Gasteiger partial charge in [-0.1, -0.05) is 13.0 Å². The maximum atomic E-state index is 5.38. The second kappa shape index (κ2) is 6.95. The van der Waals surface area contributed by atoms with Gasteiger partial charge in [0.2, 0.25) is 0 Å². The molecule has 2 unspecified atom stereocenters. The van der Waals surface area contributed by atoms with Crippen LogP contribution in [0.5, 0.6) is 11.5 Å². The van der Waals surface area contributed by atoms with Crippen LogP contribution in [0.4, 0.5) is 0 Å². The summed E-state index contributed by atoms with van der Waals surface area (Å²) in [5.41, 5.74) is 1.27. The van der Waals surface area contributed by atoms with Crippen LogP contribution in [-0.4, -0.2) is 44.3 Å². The van der Waals surface area contributed by atoms with Crippen molar-refractivity contribution >= 4 is 0 Å².